The number of anilines is 2. The van der Waals surface area contributed by atoms with Crippen molar-refractivity contribution in [3.05, 3.63) is 73.6 Å². The summed E-state index contributed by atoms with van der Waals surface area (Å²) in [5.74, 6) is -1.01. The van der Waals surface area contributed by atoms with Gasteiger partial charge in [0, 0.05) is 58.0 Å². The Morgan fingerprint density at radius 3 is 2.58 bits per heavy atom. The number of hydrogen-bond donors (Lipinski definition) is 1. The second-order valence-electron chi connectivity index (χ2n) is 9.16. The Balaban J connectivity index is 1.38. The number of piperazine rings is 1. The highest BCUT2D eigenvalue weighted by atomic mass is 19.1. The molecule has 3 heterocycles. The van der Waals surface area contributed by atoms with Crippen molar-refractivity contribution in [1.82, 2.24) is 9.47 Å². The van der Waals surface area contributed by atoms with Crippen LogP contribution in [-0.2, 0) is 24.4 Å². The van der Waals surface area contributed by atoms with Crippen LogP contribution in [0.3, 0.4) is 0 Å². The lowest BCUT2D eigenvalue weighted by Crippen LogP contribution is -2.46. The summed E-state index contributed by atoms with van der Waals surface area (Å²) < 4.78 is 36.6. The molecule has 0 atom stereocenters. The van der Waals surface area contributed by atoms with E-state index < -0.39 is 10.7 Å². The molecule has 0 spiro atoms. The van der Waals surface area contributed by atoms with Crippen molar-refractivity contribution in [1.29, 1.82) is 0 Å². The lowest BCUT2D eigenvalue weighted by Gasteiger charge is -2.36. The van der Waals surface area contributed by atoms with Crippen molar-refractivity contribution >= 4 is 28.0 Å². The Morgan fingerprint density at radius 1 is 1.11 bits per heavy atom. The number of aromatic nitrogens is 1. The molecule has 1 saturated heterocycles. The molecule has 0 amide bonds. The molecule has 11 heteroatoms. The minimum atomic E-state index is -0.623. The molecule has 0 unspecified atom stereocenters. The normalized spacial score (nSPS) is 16.1. The maximum atomic E-state index is 15.4. The fraction of sp³-hybridized carbons (Fsp3) is 0.400. The predicted octanol–water partition coefficient (Wildman–Crippen LogP) is 3.47. The Bertz CT molecular complexity index is 1390. The number of nitro benzene ring substituents is 1. The summed E-state index contributed by atoms with van der Waals surface area (Å²) >= 11 is 0. The number of ether oxygens (including phenoxy) is 1. The van der Waals surface area contributed by atoms with Crippen molar-refractivity contribution in [3.8, 4) is 0 Å². The van der Waals surface area contributed by atoms with Crippen LogP contribution in [0, 0.1) is 21.7 Å². The lowest BCUT2D eigenvalue weighted by atomic mass is 9.99. The van der Waals surface area contributed by atoms with Gasteiger partial charge in [-0.1, -0.05) is 0 Å². The molecule has 0 bridgehead atoms. The first-order valence-corrected chi connectivity index (χ1v) is 11.9. The zero-order chi connectivity index (χ0) is 25.4. The number of nitro groups is 1. The highest BCUT2D eigenvalue weighted by Gasteiger charge is 2.24. The Labute approximate surface area is 206 Å². The third-order valence-electron chi connectivity index (χ3n) is 6.90. The van der Waals surface area contributed by atoms with Gasteiger partial charge in [-0.05, 0) is 36.6 Å². The minimum Gasteiger partial charge on any atom is -0.384 e. The molecule has 1 fully saturated rings. The van der Waals surface area contributed by atoms with Crippen LogP contribution in [0.4, 0.5) is 25.8 Å². The molecule has 1 N–H and O–H groups in total. The average Bonchev–Trinajstić information content (AvgIpc) is 2.87. The van der Waals surface area contributed by atoms with Gasteiger partial charge in [-0.25, -0.2) is 8.78 Å². The Hall–Kier alpha value is -3.57. The zero-order valence-corrected chi connectivity index (χ0v) is 19.9. The first-order valence-electron chi connectivity index (χ1n) is 11.9. The van der Waals surface area contributed by atoms with Crippen LogP contribution >= 0.6 is 0 Å². The van der Waals surface area contributed by atoms with Crippen LogP contribution in [0.5, 0.6) is 0 Å². The first-order chi connectivity index (χ1) is 17.4. The molecular formula is C25H27F2N5O4. The quantitative estimate of drug-likeness (QED) is 0.410. The van der Waals surface area contributed by atoms with Gasteiger partial charge in [-0.15, -0.1) is 0 Å². The molecule has 1 aromatic heterocycles. The van der Waals surface area contributed by atoms with E-state index in [2.05, 4.69) is 10.2 Å². The molecular weight excluding hydrogens is 472 g/mol. The van der Waals surface area contributed by atoms with Gasteiger partial charge in [-0.3, -0.25) is 24.4 Å². The summed E-state index contributed by atoms with van der Waals surface area (Å²) in [6.07, 6.45) is 1.41. The minimum absolute atomic E-state index is 0.0327. The SMILES string of the molecule is COCn1c(=O)c2c(c3c(F)cc(CN4CCN(c5ccc([N+](=O)[O-])cc5F)CC4)cc31)NCCC2. The van der Waals surface area contributed by atoms with Gasteiger partial charge in [0.25, 0.3) is 11.2 Å². The summed E-state index contributed by atoms with van der Waals surface area (Å²) in [6, 6.07) is 7.04. The molecule has 36 heavy (non-hydrogen) atoms. The van der Waals surface area contributed by atoms with E-state index in [1.54, 1.807) is 0 Å². The molecule has 0 saturated carbocycles. The molecule has 0 radical (unpaired) electrons. The van der Waals surface area contributed by atoms with E-state index in [0.29, 0.717) is 73.5 Å². The van der Waals surface area contributed by atoms with Crippen molar-refractivity contribution in [2.45, 2.75) is 26.1 Å². The highest BCUT2D eigenvalue weighted by molar-refractivity contribution is 5.94. The van der Waals surface area contributed by atoms with Crippen LogP contribution in [0.15, 0.2) is 35.1 Å². The van der Waals surface area contributed by atoms with Crippen molar-refractivity contribution in [2.24, 2.45) is 0 Å². The van der Waals surface area contributed by atoms with Crippen molar-refractivity contribution in [3.63, 3.8) is 0 Å². The maximum Gasteiger partial charge on any atom is 0.272 e. The van der Waals surface area contributed by atoms with Crippen LogP contribution < -0.4 is 15.8 Å². The number of halogens is 2. The van der Waals surface area contributed by atoms with E-state index in [4.69, 9.17) is 4.74 Å². The standard InChI is InChI=1S/C25H27F2N5O4/c1-36-15-31-22-12-16(11-20(27)23(22)24-18(25(31)33)3-2-6-28-24)14-29-7-9-30(10-8-29)21-5-4-17(32(34)35)13-19(21)26/h4-5,11-13,28H,2-3,6-10,14-15H2,1H3. The van der Waals surface area contributed by atoms with Gasteiger partial charge < -0.3 is 15.0 Å². The highest BCUT2D eigenvalue weighted by Crippen LogP contribution is 2.32. The van der Waals surface area contributed by atoms with E-state index in [1.165, 1.54) is 29.9 Å². The van der Waals surface area contributed by atoms with Crippen LogP contribution in [-0.4, -0.2) is 54.2 Å². The molecule has 190 valence electrons. The summed E-state index contributed by atoms with van der Waals surface area (Å²) in [6.45, 7) is 3.45. The lowest BCUT2D eigenvalue weighted by molar-refractivity contribution is -0.385. The molecule has 0 aliphatic carbocycles. The van der Waals surface area contributed by atoms with Gasteiger partial charge in [0.2, 0.25) is 0 Å². The van der Waals surface area contributed by atoms with E-state index in [0.717, 1.165) is 18.1 Å². The van der Waals surface area contributed by atoms with E-state index in [9.17, 15) is 19.3 Å². The zero-order valence-electron chi connectivity index (χ0n) is 19.9. The van der Waals surface area contributed by atoms with E-state index >= 15 is 4.39 Å². The summed E-state index contributed by atoms with van der Waals surface area (Å²) in [5, 5.41) is 14.5. The monoisotopic (exact) mass is 499 g/mol. The van der Waals surface area contributed by atoms with Crippen LogP contribution in [0.2, 0.25) is 0 Å². The van der Waals surface area contributed by atoms with E-state index in [1.807, 2.05) is 11.0 Å². The van der Waals surface area contributed by atoms with Crippen LogP contribution in [0.25, 0.3) is 10.9 Å². The smallest absolute Gasteiger partial charge is 0.272 e. The fourth-order valence-corrected chi connectivity index (χ4v) is 5.16. The average molecular weight is 500 g/mol. The van der Waals surface area contributed by atoms with Gasteiger partial charge in [0.15, 0.2) is 5.82 Å². The fourth-order valence-electron chi connectivity index (χ4n) is 5.16. The molecule has 2 aliphatic rings. The molecule has 2 aliphatic heterocycles. The second kappa shape index (κ2) is 9.82. The first kappa shape index (κ1) is 24.1. The third-order valence-corrected chi connectivity index (χ3v) is 6.90. The number of pyridine rings is 1. The van der Waals surface area contributed by atoms with Gasteiger partial charge in [-0.2, -0.15) is 0 Å². The number of rotatable bonds is 6. The van der Waals surface area contributed by atoms with Crippen molar-refractivity contribution < 1.29 is 18.4 Å². The maximum absolute atomic E-state index is 15.4. The van der Waals surface area contributed by atoms with Gasteiger partial charge >= 0.3 is 0 Å². The molecule has 3 aromatic rings. The van der Waals surface area contributed by atoms with Crippen LogP contribution in [0.1, 0.15) is 17.5 Å². The Kier molecular flexibility index (Phi) is 6.59. The van der Waals surface area contributed by atoms with Gasteiger partial charge in [0.05, 0.1) is 33.3 Å². The largest absolute Gasteiger partial charge is 0.384 e. The molecule has 2 aromatic carbocycles. The molecule has 9 nitrogen and oxygen atoms in total. The summed E-state index contributed by atoms with van der Waals surface area (Å²) in [4.78, 5) is 27.4. The predicted molar refractivity (Wildman–Crippen MR) is 133 cm³/mol. The Morgan fingerprint density at radius 2 is 1.89 bits per heavy atom. The number of benzene rings is 2. The molecule has 5 rings (SSSR count). The number of nitrogens with one attached hydrogen (secondary N) is 1. The van der Waals surface area contributed by atoms with Gasteiger partial charge in [0.1, 0.15) is 12.5 Å². The summed E-state index contributed by atoms with van der Waals surface area (Å²) in [7, 11) is 1.50. The second-order valence-corrected chi connectivity index (χ2v) is 9.16. The number of hydrogen-bond acceptors (Lipinski definition) is 7. The van der Waals surface area contributed by atoms with Crippen molar-refractivity contribution in [2.75, 3.05) is 50.1 Å². The summed E-state index contributed by atoms with van der Waals surface area (Å²) in [5.41, 5.74) is 2.28. The topological polar surface area (TPSA) is 92.9 Å². The number of fused-ring (bicyclic) bond motifs is 3. The van der Waals surface area contributed by atoms with E-state index in [-0.39, 0.29) is 23.8 Å². The third kappa shape index (κ3) is 4.40. The number of methoxy groups -OCH3 is 1. The number of non-ortho nitro benzene ring substituents is 1. The number of nitrogens with zero attached hydrogens (tertiary/aromatic N) is 4.